The number of anilines is 1. The van der Waals surface area contributed by atoms with Gasteiger partial charge in [-0.25, -0.2) is 4.98 Å². The Kier molecular flexibility index (Phi) is 3.09. The summed E-state index contributed by atoms with van der Waals surface area (Å²) in [6.45, 7) is 6.22. The molecule has 1 aromatic heterocycles. The van der Waals surface area contributed by atoms with Gasteiger partial charge in [-0.3, -0.25) is 4.79 Å². The summed E-state index contributed by atoms with van der Waals surface area (Å²) >= 11 is 1.55. The first kappa shape index (κ1) is 10.2. The third-order valence-electron chi connectivity index (χ3n) is 1.64. The SMILES string of the molecule is BC(=O)Nc1nc(C)c(C(C)C)s1. The van der Waals surface area contributed by atoms with Gasteiger partial charge >= 0.3 is 0 Å². The zero-order chi connectivity index (χ0) is 10.0. The Morgan fingerprint density at radius 1 is 1.62 bits per heavy atom. The topological polar surface area (TPSA) is 42.0 Å². The van der Waals surface area contributed by atoms with Crippen LogP contribution in [0.4, 0.5) is 9.93 Å². The number of nitrogens with zero attached hydrogens (tertiary/aromatic N) is 1. The molecule has 1 rings (SSSR count). The minimum absolute atomic E-state index is 0.0657. The molecular weight excluding hydrogens is 183 g/mol. The number of hydrogen-bond acceptors (Lipinski definition) is 3. The van der Waals surface area contributed by atoms with Crippen LogP contribution in [0.25, 0.3) is 0 Å². The monoisotopic (exact) mass is 196 g/mol. The maximum atomic E-state index is 10.8. The molecule has 70 valence electrons. The van der Waals surface area contributed by atoms with Crippen LogP contribution in [0.15, 0.2) is 0 Å². The smallest absolute Gasteiger partial charge is 0.216 e. The van der Waals surface area contributed by atoms with Crippen molar-refractivity contribution in [2.75, 3.05) is 5.32 Å². The third-order valence-corrected chi connectivity index (χ3v) is 3.01. The van der Waals surface area contributed by atoms with Gasteiger partial charge in [-0.05, 0) is 12.8 Å². The highest BCUT2D eigenvalue weighted by Gasteiger charge is 2.10. The van der Waals surface area contributed by atoms with Crippen LogP contribution in [-0.4, -0.2) is 18.6 Å². The van der Waals surface area contributed by atoms with E-state index < -0.39 is 0 Å². The van der Waals surface area contributed by atoms with Crippen LogP contribution in [0.1, 0.15) is 30.3 Å². The van der Waals surface area contributed by atoms with Crippen molar-refractivity contribution in [2.24, 2.45) is 0 Å². The number of nitrogens with one attached hydrogen (secondary N) is 1. The van der Waals surface area contributed by atoms with Crippen molar-refractivity contribution >= 4 is 30.1 Å². The van der Waals surface area contributed by atoms with Crippen LogP contribution in [0.2, 0.25) is 0 Å². The van der Waals surface area contributed by atoms with Gasteiger partial charge in [0.25, 0.3) is 0 Å². The Bertz CT molecular complexity index is 322. The Hall–Kier alpha value is -0.835. The molecule has 0 spiro atoms. The van der Waals surface area contributed by atoms with Gasteiger partial charge in [0.2, 0.25) is 7.85 Å². The van der Waals surface area contributed by atoms with E-state index in [0.717, 1.165) is 5.69 Å². The van der Waals surface area contributed by atoms with Gasteiger partial charge in [0.15, 0.2) is 10.9 Å². The molecule has 0 bridgehead atoms. The van der Waals surface area contributed by atoms with Gasteiger partial charge < -0.3 is 5.32 Å². The zero-order valence-electron chi connectivity index (χ0n) is 8.34. The average molecular weight is 196 g/mol. The maximum Gasteiger partial charge on any atom is 0.216 e. The second-order valence-electron chi connectivity index (χ2n) is 3.30. The lowest BCUT2D eigenvalue weighted by molar-refractivity contribution is 0.269. The van der Waals surface area contributed by atoms with Crippen LogP contribution in [0, 0.1) is 6.92 Å². The van der Waals surface area contributed by atoms with Gasteiger partial charge in [-0.15, -0.1) is 11.3 Å². The minimum atomic E-state index is -0.0657. The molecule has 0 aliphatic heterocycles. The summed E-state index contributed by atoms with van der Waals surface area (Å²) in [6, 6.07) is 0. The quantitative estimate of drug-likeness (QED) is 0.732. The number of amides is 1. The fraction of sp³-hybridized carbons (Fsp3) is 0.500. The molecule has 0 aliphatic rings. The van der Waals surface area contributed by atoms with E-state index in [1.807, 2.05) is 6.92 Å². The van der Waals surface area contributed by atoms with Crippen LogP contribution in [0.5, 0.6) is 0 Å². The summed E-state index contributed by atoms with van der Waals surface area (Å²) in [6.07, 6.45) is 0. The largest absolute Gasteiger partial charge is 0.311 e. The van der Waals surface area contributed by atoms with Crippen molar-refractivity contribution < 1.29 is 4.79 Å². The standard InChI is InChI=1S/C8H13BN2OS/c1-4(2)6-5(3)10-8(13-6)11-7(9)12/h4H,9H2,1-3H3,(H,10,11,12). The number of hydrogen-bond donors (Lipinski definition) is 1. The van der Waals surface area contributed by atoms with Crippen molar-refractivity contribution in [3.63, 3.8) is 0 Å². The average Bonchev–Trinajstić information content (AvgIpc) is 2.29. The van der Waals surface area contributed by atoms with E-state index in [4.69, 9.17) is 0 Å². The predicted octanol–water partition coefficient (Wildman–Crippen LogP) is 1.74. The van der Waals surface area contributed by atoms with E-state index in [1.165, 1.54) is 12.7 Å². The highest BCUT2D eigenvalue weighted by Crippen LogP contribution is 2.28. The van der Waals surface area contributed by atoms with Gasteiger partial charge in [-0.1, -0.05) is 13.8 Å². The third kappa shape index (κ3) is 2.55. The minimum Gasteiger partial charge on any atom is -0.311 e. The normalized spacial score (nSPS) is 10.5. The number of rotatable bonds is 2. The molecule has 0 aromatic carbocycles. The van der Waals surface area contributed by atoms with Crippen molar-refractivity contribution in [1.82, 2.24) is 4.98 Å². The Labute approximate surface area is 83.0 Å². The molecular formula is C8H13BN2OS. The van der Waals surface area contributed by atoms with E-state index >= 15 is 0 Å². The summed E-state index contributed by atoms with van der Waals surface area (Å²) in [5.74, 6) is 0.407. The van der Waals surface area contributed by atoms with E-state index in [0.29, 0.717) is 11.0 Å². The van der Waals surface area contributed by atoms with Crippen LogP contribution in [0.3, 0.4) is 0 Å². The van der Waals surface area contributed by atoms with Crippen molar-refractivity contribution in [3.05, 3.63) is 10.6 Å². The number of aromatic nitrogens is 1. The molecule has 1 heterocycles. The summed E-state index contributed by atoms with van der Waals surface area (Å²) in [5, 5.41) is 3.39. The molecule has 0 saturated carbocycles. The molecule has 1 aromatic rings. The van der Waals surface area contributed by atoms with E-state index in [-0.39, 0.29) is 5.81 Å². The molecule has 5 heteroatoms. The molecule has 3 nitrogen and oxygen atoms in total. The molecule has 1 N–H and O–H groups in total. The molecule has 0 radical (unpaired) electrons. The van der Waals surface area contributed by atoms with E-state index in [1.54, 1.807) is 11.3 Å². The molecule has 1 amide bonds. The fourth-order valence-corrected chi connectivity index (χ4v) is 2.16. The molecule has 0 atom stereocenters. The van der Waals surface area contributed by atoms with Gasteiger partial charge in [-0.2, -0.15) is 0 Å². The summed E-state index contributed by atoms with van der Waals surface area (Å²) in [7, 11) is 1.49. The number of thiazole rings is 1. The van der Waals surface area contributed by atoms with E-state index in [9.17, 15) is 4.79 Å². The van der Waals surface area contributed by atoms with E-state index in [2.05, 4.69) is 24.1 Å². The van der Waals surface area contributed by atoms with Crippen LogP contribution in [-0.2, 0) is 0 Å². The van der Waals surface area contributed by atoms with Crippen LogP contribution >= 0.6 is 11.3 Å². The molecule has 0 saturated heterocycles. The second kappa shape index (κ2) is 3.92. The Morgan fingerprint density at radius 2 is 2.23 bits per heavy atom. The second-order valence-corrected chi connectivity index (χ2v) is 4.34. The van der Waals surface area contributed by atoms with Gasteiger partial charge in [0.05, 0.1) is 5.69 Å². The summed E-state index contributed by atoms with van der Waals surface area (Å²) < 4.78 is 0. The predicted molar refractivity (Wildman–Crippen MR) is 58.5 cm³/mol. The molecule has 0 aliphatic carbocycles. The number of aryl methyl sites for hydroxylation is 1. The van der Waals surface area contributed by atoms with Crippen molar-refractivity contribution in [2.45, 2.75) is 26.7 Å². The number of carbonyl (C=O) groups is 1. The van der Waals surface area contributed by atoms with Crippen LogP contribution < -0.4 is 5.32 Å². The number of carbonyl (C=O) groups excluding carboxylic acids is 1. The first-order valence-corrected chi connectivity index (χ1v) is 5.07. The highest BCUT2D eigenvalue weighted by atomic mass is 32.1. The van der Waals surface area contributed by atoms with Gasteiger partial charge in [0.1, 0.15) is 0 Å². The lowest BCUT2D eigenvalue weighted by Gasteiger charge is -1.99. The fourth-order valence-electron chi connectivity index (χ4n) is 1.15. The summed E-state index contributed by atoms with van der Waals surface area (Å²) in [4.78, 5) is 16.3. The zero-order valence-corrected chi connectivity index (χ0v) is 9.16. The highest BCUT2D eigenvalue weighted by molar-refractivity contribution is 7.16. The summed E-state index contributed by atoms with van der Waals surface area (Å²) in [5.41, 5.74) is 1.02. The van der Waals surface area contributed by atoms with Gasteiger partial charge in [0, 0.05) is 4.88 Å². The Balaban J connectivity index is 2.88. The first-order chi connectivity index (χ1) is 6.00. The van der Waals surface area contributed by atoms with Crippen molar-refractivity contribution in [3.8, 4) is 0 Å². The Morgan fingerprint density at radius 3 is 2.62 bits per heavy atom. The molecule has 0 unspecified atom stereocenters. The lowest BCUT2D eigenvalue weighted by Crippen LogP contribution is -2.07. The lowest BCUT2D eigenvalue weighted by atomic mass is 10.1. The first-order valence-electron chi connectivity index (χ1n) is 4.25. The van der Waals surface area contributed by atoms with Crippen molar-refractivity contribution in [1.29, 1.82) is 0 Å². The maximum absolute atomic E-state index is 10.8. The molecule has 0 fully saturated rings. The molecule has 13 heavy (non-hydrogen) atoms.